The van der Waals surface area contributed by atoms with Crippen LogP contribution in [-0.4, -0.2) is 97.5 Å². The van der Waals surface area contributed by atoms with E-state index >= 15 is 0 Å². The van der Waals surface area contributed by atoms with E-state index in [2.05, 4.69) is 84.9 Å². The number of aliphatic hydroxyl groups is 3. The quantitative estimate of drug-likeness (QED) is 0.0198. The summed E-state index contributed by atoms with van der Waals surface area (Å²) in [5.74, 6) is -0.458. The second-order valence-corrected chi connectivity index (χ2v) is 17.4. The van der Waals surface area contributed by atoms with Crippen molar-refractivity contribution < 1.29 is 56.2 Å². The first-order valence-corrected chi connectivity index (χ1v) is 25.6. The molecule has 1 fully saturated rings. The number of unbranched alkanes of at least 4 members (excludes halogenated alkanes) is 16. The minimum atomic E-state index is -5.07. The molecule has 1 saturated heterocycles. The number of hydrogen-bond acceptors (Lipinski definition) is 11. The second kappa shape index (κ2) is 41.0. The van der Waals surface area contributed by atoms with Crippen LogP contribution in [0.25, 0.3) is 0 Å². The number of hydrogen-bond donors (Lipinski definition) is 4. The Kier molecular flexibility index (Phi) is 38.1. The molecular weight excluding hydrogens is 825 g/mol. The smallest absolute Gasteiger partial charge is 0.397 e. The molecule has 1 rings (SSSR count). The molecule has 0 aromatic rings. The van der Waals surface area contributed by atoms with E-state index in [4.69, 9.17) is 18.9 Å². The molecule has 0 radical (unpaired) electrons. The predicted octanol–water partition coefficient (Wildman–Crippen LogP) is 10.7. The van der Waals surface area contributed by atoms with Crippen molar-refractivity contribution >= 4 is 16.4 Å². The minimum Gasteiger partial charge on any atom is -0.457 e. The van der Waals surface area contributed by atoms with Crippen LogP contribution < -0.4 is 0 Å². The molecule has 6 atom stereocenters. The molecule has 0 spiro atoms. The van der Waals surface area contributed by atoms with Crippen LogP contribution >= 0.6 is 0 Å². The van der Waals surface area contributed by atoms with E-state index in [1.807, 2.05) is 6.08 Å². The Bertz CT molecular complexity index is 1370. The van der Waals surface area contributed by atoms with Crippen molar-refractivity contribution in [2.24, 2.45) is 0 Å². The van der Waals surface area contributed by atoms with E-state index in [1.165, 1.54) is 89.9 Å². The fourth-order valence-electron chi connectivity index (χ4n) is 6.94. The number of rotatable bonds is 41. The Hall–Kier alpha value is -2.46. The fourth-order valence-corrected chi connectivity index (χ4v) is 7.45. The van der Waals surface area contributed by atoms with Gasteiger partial charge in [0.1, 0.15) is 30.5 Å². The minimum absolute atomic E-state index is 0.00776. The van der Waals surface area contributed by atoms with E-state index in [-0.39, 0.29) is 19.6 Å². The molecule has 13 heteroatoms. The van der Waals surface area contributed by atoms with Gasteiger partial charge < -0.3 is 34.3 Å². The SMILES string of the molecule is CC/C=C\C/C=C\C/C=C\C/C=C\C/C=C\CCCC(=O)OC(COCCCCCCCCCC/C=C\CCCCCCCCC)COC1OC(CO)C(O)C(OS(=O)(=O)O)C1O. The van der Waals surface area contributed by atoms with Crippen molar-refractivity contribution in [3.8, 4) is 0 Å². The fraction of sp³-hybridized carbons (Fsp3) is 0.740. The summed E-state index contributed by atoms with van der Waals surface area (Å²) in [7, 11) is -5.07. The molecule has 0 amide bonds. The average Bonchev–Trinajstić information content (AvgIpc) is 3.26. The van der Waals surface area contributed by atoms with Crippen molar-refractivity contribution in [2.75, 3.05) is 26.4 Å². The summed E-state index contributed by atoms with van der Waals surface area (Å²) in [6, 6.07) is 0. The van der Waals surface area contributed by atoms with Crippen LogP contribution in [0.3, 0.4) is 0 Å². The number of esters is 1. The van der Waals surface area contributed by atoms with Gasteiger partial charge >= 0.3 is 16.4 Å². The van der Waals surface area contributed by atoms with Gasteiger partial charge in [0.05, 0.1) is 19.8 Å². The van der Waals surface area contributed by atoms with Gasteiger partial charge in [0, 0.05) is 13.0 Å². The van der Waals surface area contributed by atoms with Gasteiger partial charge in [0.25, 0.3) is 0 Å². The van der Waals surface area contributed by atoms with Gasteiger partial charge in [0.2, 0.25) is 0 Å². The second-order valence-electron chi connectivity index (χ2n) is 16.3. The Morgan fingerprint density at radius 3 is 1.62 bits per heavy atom. The monoisotopic (exact) mass is 911 g/mol. The molecule has 1 aliphatic rings. The van der Waals surface area contributed by atoms with Crippen molar-refractivity contribution in [3.05, 3.63) is 72.9 Å². The largest absolute Gasteiger partial charge is 0.457 e. The summed E-state index contributed by atoms with van der Waals surface area (Å²) in [6.45, 7) is 3.79. The maximum absolute atomic E-state index is 12.8. The Morgan fingerprint density at radius 1 is 0.619 bits per heavy atom. The molecule has 12 nitrogen and oxygen atoms in total. The van der Waals surface area contributed by atoms with Crippen LogP contribution in [0.2, 0.25) is 0 Å². The highest BCUT2D eigenvalue weighted by molar-refractivity contribution is 7.80. The van der Waals surface area contributed by atoms with Gasteiger partial charge in [-0.3, -0.25) is 9.35 Å². The Morgan fingerprint density at radius 2 is 1.10 bits per heavy atom. The van der Waals surface area contributed by atoms with Crippen LogP contribution in [0.1, 0.15) is 174 Å². The first-order valence-electron chi connectivity index (χ1n) is 24.2. The van der Waals surface area contributed by atoms with E-state index in [9.17, 15) is 33.1 Å². The summed E-state index contributed by atoms with van der Waals surface area (Å²) in [5.41, 5.74) is 0. The van der Waals surface area contributed by atoms with Crippen LogP contribution in [0.5, 0.6) is 0 Å². The average molecular weight is 911 g/mol. The van der Waals surface area contributed by atoms with E-state index < -0.39 is 59.8 Å². The third-order valence-corrected chi connectivity index (χ3v) is 11.0. The summed E-state index contributed by atoms with van der Waals surface area (Å²) in [4.78, 5) is 12.8. The third-order valence-electron chi connectivity index (χ3n) is 10.6. The number of aliphatic hydroxyl groups excluding tert-OH is 3. The maximum atomic E-state index is 12.8. The van der Waals surface area contributed by atoms with Crippen LogP contribution in [-0.2, 0) is 38.3 Å². The lowest BCUT2D eigenvalue weighted by atomic mass is 9.99. The van der Waals surface area contributed by atoms with Crippen molar-refractivity contribution in [3.63, 3.8) is 0 Å². The zero-order valence-electron chi connectivity index (χ0n) is 38.9. The number of allylic oxidation sites excluding steroid dienone is 12. The molecule has 364 valence electrons. The molecule has 0 bridgehead atoms. The normalized spacial score (nSPS) is 20.5. The van der Waals surface area contributed by atoms with Crippen LogP contribution in [0.4, 0.5) is 0 Å². The van der Waals surface area contributed by atoms with Crippen molar-refractivity contribution in [2.45, 2.75) is 211 Å². The lowest BCUT2D eigenvalue weighted by Gasteiger charge is -2.41. The zero-order valence-corrected chi connectivity index (χ0v) is 39.7. The molecule has 0 aromatic heterocycles. The first-order chi connectivity index (χ1) is 30.6. The molecule has 1 aliphatic heterocycles. The number of carbonyl (C=O) groups excluding carboxylic acids is 1. The highest BCUT2D eigenvalue weighted by atomic mass is 32.3. The lowest BCUT2D eigenvalue weighted by molar-refractivity contribution is -0.301. The Labute approximate surface area is 381 Å². The molecular formula is C50H86O12S. The van der Waals surface area contributed by atoms with Gasteiger partial charge in [0.15, 0.2) is 6.29 Å². The van der Waals surface area contributed by atoms with Gasteiger partial charge in [-0.05, 0) is 77.0 Å². The highest BCUT2D eigenvalue weighted by Crippen LogP contribution is 2.26. The van der Waals surface area contributed by atoms with Gasteiger partial charge in [-0.2, -0.15) is 8.42 Å². The zero-order chi connectivity index (χ0) is 46.1. The number of carbonyl (C=O) groups is 1. The molecule has 1 heterocycles. The van der Waals surface area contributed by atoms with Crippen LogP contribution in [0, 0.1) is 0 Å². The standard InChI is InChI=1S/C50H86O12S/c1-3-5-7-9-11-13-15-17-19-21-22-24-26-28-30-32-34-36-38-40-58-42-44(43-59-50-48(54)49(62-63(55,56)57)47(53)45(41-51)61-50)60-46(52)39-37-35-33-31-29-27-25-23-20-18-16-14-12-10-8-6-4-2/h6,8,12,14,18-21,25,27,31,33,44-45,47-51,53-54H,3-5,7,9-11,13,15-17,22-24,26,28-30,32,34-43H2,1-2H3,(H,55,56,57)/b8-6-,14-12-,20-18-,21-19-,27-25-,33-31-. The summed E-state index contributed by atoms with van der Waals surface area (Å²) < 4.78 is 59.1. The summed E-state index contributed by atoms with van der Waals surface area (Å²) in [6.07, 6.45) is 43.7. The summed E-state index contributed by atoms with van der Waals surface area (Å²) >= 11 is 0. The highest BCUT2D eigenvalue weighted by Gasteiger charge is 2.48. The molecule has 4 N–H and O–H groups in total. The van der Waals surface area contributed by atoms with E-state index in [1.54, 1.807) is 0 Å². The lowest BCUT2D eigenvalue weighted by Crippen LogP contribution is -2.60. The first kappa shape index (κ1) is 58.6. The molecule has 0 aromatic carbocycles. The van der Waals surface area contributed by atoms with Crippen molar-refractivity contribution in [1.82, 2.24) is 0 Å². The van der Waals surface area contributed by atoms with Crippen LogP contribution in [0.15, 0.2) is 72.9 Å². The maximum Gasteiger partial charge on any atom is 0.397 e. The Balaban J connectivity index is 2.44. The predicted molar refractivity (Wildman–Crippen MR) is 252 cm³/mol. The molecule has 63 heavy (non-hydrogen) atoms. The molecule has 0 saturated carbocycles. The summed E-state index contributed by atoms with van der Waals surface area (Å²) in [5, 5.41) is 30.7. The van der Waals surface area contributed by atoms with Gasteiger partial charge in [-0.1, -0.05) is 164 Å². The number of ether oxygens (including phenoxy) is 4. The molecule has 0 aliphatic carbocycles. The van der Waals surface area contributed by atoms with Gasteiger partial charge in [-0.15, -0.1) is 0 Å². The molecule has 6 unspecified atom stereocenters. The van der Waals surface area contributed by atoms with E-state index in [0.717, 1.165) is 51.4 Å². The van der Waals surface area contributed by atoms with Crippen molar-refractivity contribution in [1.29, 1.82) is 0 Å². The third kappa shape index (κ3) is 34.5. The van der Waals surface area contributed by atoms with E-state index in [0.29, 0.717) is 19.4 Å². The topological polar surface area (TPSA) is 178 Å². The van der Waals surface area contributed by atoms with Gasteiger partial charge in [-0.25, -0.2) is 4.18 Å².